The number of aliphatic hydroxyl groups excluding tert-OH is 1. The van der Waals surface area contributed by atoms with Crippen molar-refractivity contribution in [1.82, 2.24) is 19.5 Å². The van der Waals surface area contributed by atoms with Gasteiger partial charge in [-0.1, -0.05) is 39.0 Å². The van der Waals surface area contributed by atoms with Crippen LogP contribution < -0.4 is 5.73 Å². The molecule has 0 spiro atoms. The van der Waals surface area contributed by atoms with Gasteiger partial charge in [-0.15, -0.1) is 0 Å². The Morgan fingerprint density at radius 1 is 1.15 bits per heavy atom. The van der Waals surface area contributed by atoms with E-state index in [4.69, 9.17) is 5.73 Å². The Kier molecular flexibility index (Phi) is 5.29. The van der Waals surface area contributed by atoms with Crippen molar-refractivity contribution in [1.29, 1.82) is 0 Å². The first-order valence-corrected chi connectivity index (χ1v) is 7.35. The Morgan fingerprint density at radius 2 is 1.90 bits per heavy atom. The van der Waals surface area contributed by atoms with E-state index in [9.17, 15) is 5.11 Å². The van der Waals surface area contributed by atoms with Crippen LogP contribution in [0.3, 0.4) is 0 Å². The first-order chi connectivity index (χ1) is 9.74. The van der Waals surface area contributed by atoms with Crippen molar-refractivity contribution < 1.29 is 5.11 Å². The van der Waals surface area contributed by atoms with Crippen LogP contribution in [0, 0.1) is 0 Å². The van der Waals surface area contributed by atoms with Crippen LogP contribution in [-0.2, 0) is 0 Å². The fourth-order valence-electron chi connectivity index (χ4n) is 2.33. The predicted molar refractivity (Wildman–Crippen MR) is 79.0 cm³/mol. The first-order valence-electron chi connectivity index (χ1n) is 7.35. The minimum Gasteiger partial charge on any atom is -0.382 e. The Labute approximate surface area is 119 Å². The maximum absolute atomic E-state index is 10.2. The van der Waals surface area contributed by atoms with Crippen LogP contribution in [0.1, 0.15) is 58.1 Å². The summed E-state index contributed by atoms with van der Waals surface area (Å²) in [6.07, 6.45) is 10.3. The Bertz CT molecular complexity index is 539. The lowest BCUT2D eigenvalue weighted by Gasteiger charge is -2.12. The van der Waals surface area contributed by atoms with E-state index in [-0.39, 0.29) is 0 Å². The standard InChI is InChI=1S/C14H23N5O/c1-2-3-4-5-6-7-8-11(20)19-10-18-12-13(15)16-9-17-14(12)19/h9-11,20H,2-8H2,1H3,(H2,15,16,17). The van der Waals surface area contributed by atoms with E-state index in [1.165, 1.54) is 32.0 Å². The highest BCUT2D eigenvalue weighted by Crippen LogP contribution is 2.21. The van der Waals surface area contributed by atoms with Crippen molar-refractivity contribution in [3.8, 4) is 0 Å². The maximum atomic E-state index is 10.2. The number of nitrogens with zero attached hydrogens (tertiary/aromatic N) is 4. The quantitative estimate of drug-likeness (QED) is 0.724. The number of hydrogen-bond acceptors (Lipinski definition) is 5. The number of anilines is 1. The normalized spacial score (nSPS) is 12.9. The average Bonchev–Trinajstić information content (AvgIpc) is 2.88. The van der Waals surface area contributed by atoms with Crippen molar-refractivity contribution in [3.05, 3.63) is 12.7 Å². The Hall–Kier alpha value is -1.69. The lowest BCUT2D eigenvalue weighted by molar-refractivity contribution is 0.0947. The van der Waals surface area contributed by atoms with E-state index < -0.39 is 6.23 Å². The van der Waals surface area contributed by atoms with Crippen molar-refractivity contribution in [2.24, 2.45) is 0 Å². The molecule has 3 N–H and O–H groups in total. The van der Waals surface area contributed by atoms with Crippen LogP contribution in [0.5, 0.6) is 0 Å². The highest BCUT2D eigenvalue weighted by molar-refractivity contribution is 5.81. The second-order valence-corrected chi connectivity index (χ2v) is 5.12. The van der Waals surface area contributed by atoms with E-state index in [0.29, 0.717) is 23.4 Å². The van der Waals surface area contributed by atoms with E-state index in [0.717, 1.165) is 12.8 Å². The minimum absolute atomic E-state index is 0.348. The third-order valence-electron chi connectivity index (χ3n) is 3.52. The van der Waals surface area contributed by atoms with Gasteiger partial charge in [0.25, 0.3) is 0 Å². The first kappa shape index (κ1) is 14.7. The summed E-state index contributed by atoms with van der Waals surface area (Å²) < 4.78 is 1.67. The van der Waals surface area contributed by atoms with Gasteiger partial charge in [0, 0.05) is 0 Å². The Balaban J connectivity index is 1.88. The zero-order chi connectivity index (χ0) is 14.4. The molecule has 0 saturated carbocycles. The Morgan fingerprint density at radius 3 is 2.70 bits per heavy atom. The van der Waals surface area contributed by atoms with Crippen LogP contribution >= 0.6 is 0 Å². The van der Waals surface area contributed by atoms with Gasteiger partial charge in [0.2, 0.25) is 0 Å². The van der Waals surface area contributed by atoms with Crippen LogP contribution in [0.4, 0.5) is 5.82 Å². The van der Waals surface area contributed by atoms with Crippen molar-refractivity contribution in [2.45, 2.75) is 58.1 Å². The minimum atomic E-state index is -0.597. The number of imidazole rings is 1. The summed E-state index contributed by atoms with van der Waals surface area (Å²) in [6, 6.07) is 0. The zero-order valence-electron chi connectivity index (χ0n) is 12.0. The fourth-order valence-corrected chi connectivity index (χ4v) is 2.33. The van der Waals surface area contributed by atoms with Gasteiger partial charge < -0.3 is 10.8 Å². The van der Waals surface area contributed by atoms with Crippen molar-refractivity contribution in [2.75, 3.05) is 5.73 Å². The van der Waals surface area contributed by atoms with Crippen molar-refractivity contribution in [3.63, 3.8) is 0 Å². The summed E-state index contributed by atoms with van der Waals surface area (Å²) in [5.74, 6) is 0.348. The van der Waals surface area contributed by atoms with Crippen molar-refractivity contribution >= 4 is 17.0 Å². The monoisotopic (exact) mass is 277 g/mol. The van der Waals surface area contributed by atoms with Gasteiger partial charge in [0.1, 0.15) is 18.1 Å². The molecule has 0 radical (unpaired) electrons. The number of nitrogen functional groups attached to an aromatic ring is 1. The van der Waals surface area contributed by atoms with Crippen LogP contribution in [-0.4, -0.2) is 24.6 Å². The molecular formula is C14H23N5O. The molecule has 1 unspecified atom stereocenters. The molecule has 0 aliphatic rings. The number of rotatable bonds is 8. The second kappa shape index (κ2) is 7.19. The average molecular weight is 277 g/mol. The molecule has 2 aromatic rings. The molecule has 0 aromatic carbocycles. The third kappa shape index (κ3) is 3.45. The smallest absolute Gasteiger partial charge is 0.167 e. The number of unbranched alkanes of at least 4 members (excludes halogenated alkanes) is 5. The lowest BCUT2D eigenvalue weighted by Crippen LogP contribution is -2.08. The summed E-state index contributed by atoms with van der Waals surface area (Å²) in [5.41, 5.74) is 6.87. The molecule has 20 heavy (non-hydrogen) atoms. The molecule has 0 aliphatic carbocycles. The topological polar surface area (TPSA) is 89.8 Å². The molecule has 0 saturated heterocycles. The lowest BCUT2D eigenvalue weighted by atomic mass is 10.1. The van der Waals surface area contributed by atoms with E-state index in [1.54, 1.807) is 10.9 Å². The molecule has 0 aliphatic heterocycles. The molecule has 110 valence electrons. The molecule has 0 amide bonds. The molecule has 0 fully saturated rings. The molecule has 2 rings (SSSR count). The van der Waals surface area contributed by atoms with Crippen LogP contribution in [0.2, 0.25) is 0 Å². The molecule has 0 bridgehead atoms. The number of aromatic nitrogens is 4. The third-order valence-corrected chi connectivity index (χ3v) is 3.52. The van der Waals surface area contributed by atoms with Gasteiger partial charge >= 0.3 is 0 Å². The summed E-state index contributed by atoms with van der Waals surface area (Å²) in [6.45, 7) is 2.21. The zero-order valence-corrected chi connectivity index (χ0v) is 12.0. The molecule has 2 heterocycles. The largest absolute Gasteiger partial charge is 0.382 e. The number of nitrogens with two attached hydrogens (primary N) is 1. The van der Waals surface area contributed by atoms with E-state index in [2.05, 4.69) is 21.9 Å². The van der Waals surface area contributed by atoms with Gasteiger partial charge in [-0.3, -0.25) is 4.57 Å². The van der Waals surface area contributed by atoms with E-state index >= 15 is 0 Å². The SMILES string of the molecule is CCCCCCCCC(O)n1cnc2c(N)ncnc21. The predicted octanol–water partition coefficient (Wildman–Crippen LogP) is 2.65. The van der Waals surface area contributed by atoms with Gasteiger partial charge in [-0.05, 0) is 12.8 Å². The van der Waals surface area contributed by atoms with Crippen LogP contribution in [0.25, 0.3) is 11.2 Å². The highest BCUT2D eigenvalue weighted by atomic mass is 16.3. The summed E-state index contributed by atoms with van der Waals surface area (Å²) >= 11 is 0. The van der Waals surface area contributed by atoms with Gasteiger partial charge in [-0.2, -0.15) is 0 Å². The summed E-state index contributed by atoms with van der Waals surface area (Å²) in [7, 11) is 0. The summed E-state index contributed by atoms with van der Waals surface area (Å²) in [5, 5.41) is 10.2. The fraction of sp³-hybridized carbons (Fsp3) is 0.643. The molecule has 6 nitrogen and oxygen atoms in total. The van der Waals surface area contributed by atoms with Gasteiger partial charge in [0.05, 0.1) is 6.33 Å². The number of fused-ring (bicyclic) bond motifs is 1. The highest BCUT2D eigenvalue weighted by Gasteiger charge is 2.13. The molecule has 1 atom stereocenters. The van der Waals surface area contributed by atoms with Crippen LogP contribution in [0.15, 0.2) is 12.7 Å². The molecule has 2 aromatic heterocycles. The van der Waals surface area contributed by atoms with Gasteiger partial charge in [-0.25, -0.2) is 15.0 Å². The molecule has 6 heteroatoms. The number of hydrogen-bond donors (Lipinski definition) is 2. The molecular weight excluding hydrogens is 254 g/mol. The second-order valence-electron chi connectivity index (χ2n) is 5.12. The van der Waals surface area contributed by atoms with E-state index in [1.807, 2.05) is 0 Å². The van der Waals surface area contributed by atoms with Gasteiger partial charge in [0.15, 0.2) is 11.5 Å². The summed E-state index contributed by atoms with van der Waals surface area (Å²) in [4.78, 5) is 12.2. The maximum Gasteiger partial charge on any atom is 0.167 e. The number of aliphatic hydroxyl groups is 1.